The molecule has 18 heavy (non-hydrogen) atoms. The Labute approximate surface area is 108 Å². The Balaban J connectivity index is 1.98. The van der Waals surface area contributed by atoms with Gasteiger partial charge in [0.15, 0.2) is 0 Å². The highest BCUT2D eigenvalue weighted by Gasteiger charge is 2.24. The Morgan fingerprint density at radius 3 is 3.00 bits per heavy atom. The standard InChI is InChI=1S/C14H21N3O/c1-3-16-13-6-7-15-9-12(13)14(18)17-10(2)8-11-4-5-11/h6-7,9-11H,3-5,8H2,1-2H3,(H,15,16)(H,17,18). The van der Waals surface area contributed by atoms with Crippen molar-refractivity contribution in [2.24, 2.45) is 5.92 Å². The Morgan fingerprint density at radius 1 is 1.56 bits per heavy atom. The Hall–Kier alpha value is -1.58. The molecule has 1 unspecified atom stereocenters. The van der Waals surface area contributed by atoms with Crippen molar-refractivity contribution in [1.82, 2.24) is 10.3 Å². The first kappa shape index (κ1) is 12.9. The molecule has 0 bridgehead atoms. The molecule has 0 aliphatic heterocycles. The van der Waals surface area contributed by atoms with Crippen LogP contribution in [-0.2, 0) is 0 Å². The third-order valence-electron chi connectivity index (χ3n) is 3.19. The summed E-state index contributed by atoms with van der Waals surface area (Å²) >= 11 is 0. The van der Waals surface area contributed by atoms with Crippen LogP contribution in [0.25, 0.3) is 0 Å². The fourth-order valence-corrected chi connectivity index (χ4v) is 2.13. The zero-order valence-electron chi connectivity index (χ0n) is 11.1. The van der Waals surface area contributed by atoms with Crippen LogP contribution in [-0.4, -0.2) is 23.5 Å². The maximum Gasteiger partial charge on any atom is 0.255 e. The molecule has 1 fully saturated rings. The van der Waals surface area contributed by atoms with Gasteiger partial charge < -0.3 is 10.6 Å². The van der Waals surface area contributed by atoms with Crippen molar-refractivity contribution in [3.05, 3.63) is 24.0 Å². The number of aromatic nitrogens is 1. The third-order valence-corrected chi connectivity index (χ3v) is 3.19. The number of hydrogen-bond acceptors (Lipinski definition) is 3. The second-order valence-electron chi connectivity index (χ2n) is 5.01. The number of carbonyl (C=O) groups is 1. The molecule has 1 aliphatic rings. The lowest BCUT2D eigenvalue weighted by Gasteiger charge is -2.15. The molecular weight excluding hydrogens is 226 g/mol. The number of hydrogen-bond donors (Lipinski definition) is 2. The summed E-state index contributed by atoms with van der Waals surface area (Å²) in [6.07, 6.45) is 7.04. The smallest absolute Gasteiger partial charge is 0.255 e. The fourth-order valence-electron chi connectivity index (χ4n) is 2.13. The molecule has 0 saturated heterocycles. The van der Waals surface area contributed by atoms with Crippen molar-refractivity contribution in [3.63, 3.8) is 0 Å². The van der Waals surface area contributed by atoms with E-state index < -0.39 is 0 Å². The first-order valence-electron chi connectivity index (χ1n) is 6.69. The number of anilines is 1. The van der Waals surface area contributed by atoms with Crippen LogP contribution in [0, 0.1) is 5.92 Å². The van der Waals surface area contributed by atoms with Gasteiger partial charge in [0.2, 0.25) is 0 Å². The van der Waals surface area contributed by atoms with Crippen LogP contribution in [0.1, 0.15) is 43.5 Å². The number of nitrogens with one attached hydrogen (secondary N) is 2. The molecule has 1 saturated carbocycles. The van der Waals surface area contributed by atoms with Crippen LogP contribution in [0.15, 0.2) is 18.5 Å². The minimum Gasteiger partial charge on any atom is -0.385 e. The molecular formula is C14H21N3O. The minimum absolute atomic E-state index is 0.0350. The number of amides is 1. The lowest BCUT2D eigenvalue weighted by Crippen LogP contribution is -2.33. The predicted octanol–water partition coefficient (Wildman–Crippen LogP) is 2.43. The van der Waals surface area contributed by atoms with Crippen LogP contribution in [0.4, 0.5) is 5.69 Å². The van der Waals surface area contributed by atoms with E-state index in [4.69, 9.17) is 0 Å². The largest absolute Gasteiger partial charge is 0.385 e. The monoisotopic (exact) mass is 247 g/mol. The summed E-state index contributed by atoms with van der Waals surface area (Å²) in [5.74, 6) is 0.787. The van der Waals surface area contributed by atoms with Crippen LogP contribution in [0.2, 0.25) is 0 Å². The first-order chi connectivity index (χ1) is 8.70. The van der Waals surface area contributed by atoms with Gasteiger partial charge in [0.25, 0.3) is 5.91 Å². The van der Waals surface area contributed by atoms with E-state index in [1.165, 1.54) is 12.8 Å². The van der Waals surface area contributed by atoms with Gasteiger partial charge in [-0.25, -0.2) is 0 Å². The van der Waals surface area contributed by atoms with Crippen molar-refractivity contribution in [2.45, 2.75) is 39.2 Å². The van der Waals surface area contributed by atoms with Gasteiger partial charge in [-0.15, -0.1) is 0 Å². The van der Waals surface area contributed by atoms with Crippen molar-refractivity contribution in [1.29, 1.82) is 0 Å². The molecule has 4 heteroatoms. The molecule has 0 aromatic carbocycles. The number of carbonyl (C=O) groups excluding carboxylic acids is 1. The molecule has 1 amide bonds. The van der Waals surface area contributed by atoms with Crippen LogP contribution < -0.4 is 10.6 Å². The van der Waals surface area contributed by atoms with Crippen molar-refractivity contribution in [3.8, 4) is 0 Å². The summed E-state index contributed by atoms with van der Waals surface area (Å²) in [5, 5.41) is 6.23. The van der Waals surface area contributed by atoms with Gasteiger partial charge in [-0.2, -0.15) is 0 Å². The molecule has 1 aromatic rings. The predicted molar refractivity (Wildman–Crippen MR) is 72.7 cm³/mol. The molecule has 98 valence electrons. The van der Waals surface area contributed by atoms with Gasteiger partial charge in [0.05, 0.1) is 11.3 Å². The van der Waals surface area contributed by atoms with E-state index in [1.54, 1.807) is 12.4 Å². The van der Waals surface area contributed by atoms with E-state index in [0.29, 0.717) is 5.56 Å². The summed E-state index contributed by atoms with van der Waals surface area (Å²) < 4.78 is 0. The van der Waals surface area contributed by atoms with E-state index in [9.17, 15) is 4.79 Å². The quantitative estimate of drug-likeness (QED) is 0.811. The second-order valence-corrected chi connectivity index (χ2v) is 5.01. The molecule has 4 nitrogen and oxygen atoms in total. The van der Waals surface area contributed by atoms with Gasteiger partial charge in [0.1, 0.15) is 0 Å². The van der Waals surface area contributed by atoms with Crippen LogP contribution >= 0.6 is 0 Å². The van der Waals surface area contributed by atoms with Crippen LogP contribution in [0.3, 0.4) is 0 Å². The molecule has 1 heterocycles. The maximum absolute atomic E-state index is 12.2. The highest BCUT2D eigenvalue weighted by molar-refractivity contribution is 5.99. The van der Waals surface area contributed by atoms with E-state index >= 15 is 0 Å². The molecule has 2 rings (SSSR count). The average Bonchev–Trinajstić information content (AvgIpc) is 3.13. The summed E-state index contributed by atoms with van der Waals surface area (Å²) in [7, 11) is 0. The molecule has 0 radical (unpaired) electrons. The summed E-state index contributed by atoms with van der Waals surface area (Å²) in [4.78, 5) is 16.2. The number of nitrogens with zero attached hydrogens (tertiary/aromatic N) is 1. The molecule has 1 atom stereocenters. The van der Waals surface area contributed by atoms with Gasteiger partial charge in [-0.3, -0.25) is 9.78 Å². The highest BCUT2D eigenvalue weighted by Crippen LogP contribution is 2.33. The summed E-state index contributed by atoms with van der Waals surface area (Å²) in [6, 6.07) is 2.07. The normalized spacial score (nSPS) is 16.1. The SMILES string of the molecule is CCNc1ccncc1C(=O)NC(C)CC1CC1. The maximum atomic E-state index is 12.2. The molecule has 0 spiro atoms. The van der Waals surface area contributed by atoms with E-state index in [1.807, 2.05) is 13.0 Å². The Bertz CT molecular complexity index is 415. The van der Waals surface area contributed by atoms with E-state index in [0.717, 1.165) is 24.6 Å². The molecule has 2 N–H and O–H groups in total. The van der Waals surface area contributed by atoms with Gasteiger partial charge >= 0.3 is 0 Å². The topological polar surface area (TPSA) is 54.0 Å². The Morgan fingerprint density at radius 2 is 2.33 bits per heavy atom. The highest BCUT2D eigenvalue weighted by atomic mass is 16.1. The fraction of sp³-hybridized carbons (Fsp3) is 0.571. The van der Waals surface area contributed by atoms with Crippen molar-refractivity contribution < 1.29 is 4.79 Å². The third kappa shape index (κ3) is 3.45. The number of rotatable bonds is 6. The first-order valence-corrected chi connectivity index (χ1v) is 6.69. The van der Waals surface area contributed by atoms with Gasteiger partial charge in [0, 0.05) is 25.0 Å². The van der Waals surface area contributed by atoms with Gasteiger partial charge in [-0.05, 0) is 32.3 Å². The van der Waals surface area contributed by atoms with E-state index in [2.05, 4.69) is 22.5 Å². The zero-order valence-corrected chi connectivity index (χ0v) is 11.1. The van der Waals surface area contributed by atoms with Crippen molar-refractivity contribution in [2.75, 3.05) is 11.9 Å². The average molecular weight is 247 g/mol. The van der Waals surface area contributed by atoms with Gasteiger partial charge in [-0.1, -0.05) is 12.8 Å². The second kappa shape index (κ2) is 5.85. The van der Waals surface area contributed by atoms with Crippen molar-refractivity contribution >= 4 is 11.6 Å². The summed E-state index contributed by atoms with van der Waals surface area (Å²) in [6.45, 7) is 4.87. The minimum atomic E-state index is -0.0350. The van der Waals surface area contributed by atoms with Crippen LogP contribution in [0.5, 0.6) is 0 Å². The molecule has 1 aromatic heterocycles. The lowest BCUT2D eigenvalue weighted by atomic mass is 10.1. The number of pyridine rings is 1. The summed E-state index contributed by atoms with van der Waals surface area (Å²) in [5.41, 5.74) is 1.48. The lowest BCUT2D eigenvalue weighted by molar-refractivity contribution is 0.0938. The van der Waals surface area contributed by atoms with E-state index in [-0.39, 0.29) is 11.9 Å². The zero-order chi connectivity index (χ0) is 13.0. The molecule has 1 aliphatic carbocycles. The Kier molecular flexibility index (Phi) is 4.18.